The maximum Gasteiger partial charge on any atom is 0.267 e. The van der Waals surface area contributed by atoms with Crippen LogP contribution in [-0.4, -0.2) is 35.7 Å². The van der Waals surface area contributed by atoms with Gasteiger partial charge in [0.05, 0.1) is 32.1 Å². The predicted molar refractivity (Wildman–Crippen MR) is 96.2 cm³/mol. The Balaban J connectivity index is 0.00000225. The van der Waals surface area contributed by atoms with Crippen LogP contribution in [0.4, 0.5) is 15.8 Å². The highest BCUT2D eigenvalue weighted by Gasteiger charge is 2.32. The highest BCUT2D eigenvalue weighted by molar-refractivity contribution is 7.92. The molecule has 1 N–H and O–H groups in total. The van der Waals surface area contributed by atoms with Crippen molar-refractivity contribution < 1.29 is 22.3 Å². The molecule has 2 aromatic carbocycles. The summed E-state index contributed by atoms with van der Waals surface area (Å²) in [6, 6.07) is 9.16. The Hall–Kier alpha value is -2.19. The zero-order valence-electron chi connectivity index (χ0n) is 13.7. The van der Waals surface area contributed by atoms with Crippen LogP contribution in [0.3, 0.4) is 0 Å². The molecule has 0 spiro atoms. The predicted octanol–water partition coefficient (Wildman–Crippen LogP) is 2.89. The van der Waals surface area contributed by atoms with E-state index in [0.717, 1.165) is 12.1 Å². The van der Waals surface area contributed by atoms with Crippen LogP contribution < -0.4 is 19.1 Å². The van der Waals surface area contributed by atoms with Gasteiger partial charge in [-0.25, -0.2) is 12.8 Å². The number of anilines is 2. The molecule has 0 saturated heterocycles. The standard InChI is InChI=1S/C16H17FN2O4S.ClH/c1-22-14-9-11(17)16(10-15(14)23-2)24(20,21)19-8-7-18-12-5-3-4-6-13(12)19;/h3-6,9-10,18H,7-8H2,1-2H3;1H. The van der Waals surface area contributed by atoms with Crippen LogP contribution in [0.15, 0.2) is 41.3 Å². The number of benzene rings is 2. The molecule has 136 valence electrons. The second-order valence-electron chi connectivity index (χ2n) is 5.16. The van der Waals surface area contributed by atoms with Crippen molar-refractivity contribution in [1.29, 1.82) is 0 Å². The van der Waals surface area contributed by atoms with E-state index in [2.05, 4.69) is 5.32 Å². The molecule has 0 atom stereocenters. The Labute approximate surface area is 152 Å². The van der Waals surface area contributed by atoms with Gasteiger partial charge in [-0.05, 0) is 12.1 Å². The molecule has 1 aliphatic rings. The summed E-state index contributed by atoms with van der Waals surface area (Å²) in [5.74, 6) is -0.598. The quantitative estimate of drug-likeness (QED) is 0.872. The maximum absolute atomic E-state index is 14.4. The van der Waals surface area contributed by atoms with E-state index in [4.69, 9.17) is 9.47 Å². The van der Waals surface area contributed by atoms with Gasteiger partial charge in [0.1, 0.15) is 10.7 Å². The van der Waals surface area contributed by atoms with Gasteiger partial charge in [0.25, 0.3) is 10.0 Å². The van der Waals surface area contributed by atoms with Crippen molar-refractivity contribution >= 4 is 33.8 Å². The number of sulfonamides is 1. The Bertz CT molecular complexity index is 876. The summed E-state index contributed by atoms with van der Waals surface area (Å²) in [6.45, 7) is 0.637. The molecule has 9 heteroatoms. The Kier molecular flexibility index (Phi) is 5.64. The van der Waals surface area contributed by atoms with Gasteiger partial charge in [-0.2, -0.15) is 0 Å². The van der Waals surface area contributed by atoms with Gasteiger partial charge in [0, 0.05) is 18.7 Å². The SMILES string of the molecule is COc1cc(F)c(S(=O)(=O)N2CCNc3ccccc32)cc1OC.Cl. The van der Waals surface area contributed by atoms with Gasteiger partial charge in [-0.1, -0.05) is 12.1 Å². The average Bonchev–Trinajstić information content (AvgIpc) is 2.60. The second-order valence-corrected chi connectivity index (χ2v) is 6.99. The van der Waals surface area contributed by atoms with E-state index in [1.54, 1.807) is 24.3 Å². The summed E-state index contributed by atoms with van der Waals surface area (Å²) >= 11 is 0. The molecule has 0 amide bonds. The highest BCUT2D eigenvalue weighted by atomic mass is 35.5. The largest absolute Gasteiger partial charge is 0.493 e. The van der Waals surface area contributed by atoms with Crippen LogP contribution in [0.25, 0.3) is 0 Å². The normalized spacial score (nSPS) is 13.3. The van der Waals surface area contributed by atoms with Crippen molar-refractivity contribution in [1.82, 2.24) is 0 Å². The summed E-state index contributed by atoms with van der Waals surface area (Å²) in [5, 5.41) is 3.13. The van der Waals surface area contributed by atoms with Gasteiger partial charge in [0.15, 0.2) is 11.5 Å². The van der Waals surface area contributed by atoms with E-state index in [1.807, 2.05) is 0 Å². The van der Waals surface area contributed by atoms with Gasteiger partial charge in [-0.15, -0.1) is 12.4 Å². The Morgan fingerprint density at radius 3 is 2.44 bits per heavy atom. The molecule has 0 aromatic heterocycles. The number of halogens is 2. The number of hydrogen-bond donors (Lipinski definition) is 1. The number of methoxy groups -OCH3 is 2. The van der Waals surface area contributed by atoms with E-state index in [1.165, 1.54) is 18.5 Å². The van der Waals surface area contributed by atoms with Crippen molar-refractivity contribution in [2.24, 2.45) is 0 Å². The first-order valence-corrected chi connectivity index (χ1v) is 8.70. The monoisotopic (exact) mass is 388 g/mol. The van der Waals surface area contributed by atoms with Crippen LogP contribution in [-0.2, 0) is 10.0 Å². The van der Waals surface area contributed by atoms with Crippen LogP contribution in [0, 0.1) is 5.82 Å². The number of hydrogen-bond acceptors (Lipinski definition) is 5. The molecule has 2 aromatic rings. The molecule has 1 heterocycles. The molecule has 0 radical (unpaired) electrons. The molecule has 0 aliphatic carbocycles. The molecule has 0 unspecified atom stereocenters. The summed E-state index contributed by atoms with van der Waals surface area (Å²) in [4.78, 5) is -0.447. The van der Waals surface area contributed by atoms with Crippen LogP contribution in [0.1, 0.15) is 0 Å². The average molecular weight is 389 g/mol. The van der Waals surface area contributed by atoms with E-state index in [9.17, 15) is 12.8 Å². The smallest absolute Gasteiger partial charge is 0.267 e. The van der Waals surface area contributed by atoms with Gasteiger partial charge in [-0.3, -0.25) is 4.31 Å². The first-order chi connectivity index (χ1) is 11.5. The summed E-state index contributed by atoms with van der Waals surface area (Å²) in [7, 11) is -1.35. The first kappa shape index (κ1) is 19.1. The van der Waals surface area contributed by atoms with Crippen molar-refractivity contribution in [3.05, 3.63) is 42.2 Å². The molecular weight excluding hydrogens is 371 g/mol. The Morgan fingerprint density at radius 2 is 1.76 bits per heavy atom. The first-order valence-electron chi connectivity index (χ1n) is 7.26. The van der Waals surface area contributed by atoms with Crippen LogP contribution in [0.5, 0.6) is 11.5 Å². The summed E-state index contributed by atoms with van der Waals surface area (Å²) < 4.78 is 51.7. The molecule has 0 fully saturated rings. The lowest BCUT2D eigenvalue weighted by atomic mass is 10.2. The van der Waals surface area contributed by atoms with Gasteiger partial charge < -0.3 is 14.8 Å². The van der Waals surface area contributed by atoms with Crippen LogP contribution in [0.2, 0.25) is 0 Å². The fourth-order valence-electron chi connectivity index (χ4n) is 2.65. The highest BCUT2D eigenvalue weighted by Crippen LogP contribution is 2.37. The minimum Gasteiger partial charge on any atom is -0.493 e. The number of nitrogens with zero attached hydrogens (tertiary/aromatic N) is 1. The van der Waals surface area contributed by atoms with Crippen LogP contribution >= 0.6 is 12.4 Å². The molecule has 25 heavy (non-hydrogen) atoms. The lowest BCUT2D eigenvalue weighted by Crippen LogP contribution is -2.39. The summed E-state index contributed by atoms with van der Waals surface area (Å²) in [6.07, 6.45) is 0. The van der Waals surface area contributed by atoms with Gasteiger partial charge in [0.2, 0.25) is 0 Å². The third-order valence-electron chi connectivity index (χ3n) is 3.81. The third kappa shape index (κ3) is 3.32. The zero-order chi connectivity index (χ0) is 17.3. The topological polar surface area (TPSA) is 67.9 Å². The number of nitrogens with one attached hydrogen (secondary N) is 1. The minimum atomic E-state index is -4.08. The number of fused-ring (bicyclic) bond motifs is 1. The van der Waals surface area contributed by atoms with E-state index >= 15 is 0 Å². The Morgan fingerprint density at radius 1 is 1.12 bits per heavy atom. The molecule has 1 aliphatic heterocycles. The van der Waals surface area contributed by atoms with Gasteiger partial charge >= 0.3 is 0 Å². The zero-order valence-corrected chi connectivity index (χ0v) is 15.3. The molecule has 0 bridgehead atoms. The lowest BCUT2D eigenvalue weighted by Gasteiger charge is -2.31. The lowest BCUT2D eigenvalue weighted by molar-refractivity contribution is 0.350. The number of rotatable bonds is 4. The van der Waals surface area contributed by atoms with Crippen molar-refractivity contribution in [2.75, 3.05) is 36.9 Å². The maximum atomic E-state index is 14.4. The molecule has 3 rings (SSSR count). The minimum absolute atomic E-state index is 0. The van der Waals surface area contributed by atoms with Crippen molar-refractivity contribution in [3.8, 4) is 11.5 Å². The summed E-state index contributed by atoms with van der Waals surface area (Å²) in [5.41, 5.74) is 1.17. The van der Waals surface area contributed by atoms with E-state index < -0.39 is 20.7 Å². The second kappa shape index (κ2) is 7.37. The number of para-hydroxylation sites is 2. The van der Waals surface area contributed by atoms with E-state index in [-0.39, 0.29) is 30.5 Å². The molecule has 0 saturated carbocycles. The van der Waals surface area contributed by atoms with E-state index in [0.29, 0.717) is 17.9 Å². The molecular formula is C16H18ClFN2O4S. The van der Waals surface area contributed by atoms with Crippen molar-refractivity contribution in [2.45, 2.75) is 4.90 Å². The fraction of sp³-hybridized carbons (Fsp3) is 0.250. The fourth-order valence-corrected chi connectivity index (χ4v) is 4.20. The third-order valence-corrected chi connectivity index (χ3v) is 5.64. The molecule has 6 nitrogen and oxygen atoms in total. The van der Waals surface area contributed by atoms with Crippen molar-refractivity contribution in [3.63, 3.8) is 0 Å². The number of ether oxygens (including phenoxy) is 2.